The molecule has 2 aromatic rings. The molecule has 3 atom stereocenters. The molecule has 3 nitrogen and oxygen atoms in total. The van der Waals surface area contributed by atoms with E-state index < -0.39 is 11.7 Å². The van der Waals surface area contributed by atoms with E-state index in [0.29, 0.717) is 17.9 Å². The summed E-state index contributed by atoms with van der Waals surface area (Å²) in [7, 11) is 1.80. The van der Waals surface area contributed by atoms with Gasteiger partial charge in [-0.15, -0.1) is 0 Å². The number of piperidine rings is 1. The molecule has 0 bridgehead atoms. The van der Waals surface area contributed by atoms with Gasteiger partial charge in [-0.2, -0.15) is 13.2 Å². The normalized spacial score (nSPS) is 22.5. The largest absolute Gasteiger partial charge is 0.418 e. The van der Waals surface area contributed by atoms with Crippen LogP contribution in [0.1, 0.15) is 41.9 Å². The summed E-state index contributed by atoms with van der Waals surface area (Å²) in [6.45, 7) is 4.24. The Morgan fingerprint density at radius 3 is 2.68 bits per heavy atom. The maximum absolute atomic E-state index is 13.9. The molecular weight excluding hydrogens is 363 g/mol. The highest BCUT2D eigenvalue weighted by atomic mass is 19.4. The molecule has 28 heavy (non-hydrogen) atoms. The van der Waals surface area contributed by atoms with Crippen LogP contribution in [0.5, 0.6) is 0 Å². The highest BCUT2D eigenvalue weighted by molar-refractivity contribution is 5.72. The Morgan fingerprint density at radius 1 is 1.21 bits per heavy atom. The van der Waals surface area contributed by atoms with Gasteiger partial charge < -0.3 is 15.5 Å². The third kappa shape index (κ3) is 3.46. The van der Waals surface area contributed by atoms with Crippen LogP contribution in [0.3, 0.4) is 0 Å². The zero-order chi connectivity index (χ0) is 19.9. The molecule has 2 aliphatic rings. The first-order valence-electron chi connectivity index (χ1n) is 9.83. The Morgan fingerprint density at radius 2 is 1.96 bits per heavy atom. The summed E-state index contributed by atoms with van der Waals surface area (Å²) < 4.78 is 41.6. The Balaban J connectivity index is 1.64. The second-order valence-electron chi connectivity index (χ2n) is 7.93. The number of nitrogens with one attached hydrogen (secondary N) is 2. The lowest BCUT2D eigenvalue weighted by Gasteiger charge is -2.31. The maximum atomic E-state index is 13.9. The second kappa shape index (κ2) is 7.32. The van der Waals surface area contributed by atoms with Crippen LogP contribution in [0.4, 0.5) is 24.5 Å². The van der Waals surface area contributed by atoms with E-state index in [2.05, 4.69) is 17.6 Å². The first-order valence-corrected chi connectivity index (χ1v) is 9.83. The van der Waals surface area contributed by atoms with Gasteiger partial charge in [-0.1, -0.05) is 37.3 Å². The Kier molecular flexibility index (Phi) is 5.00. The summed E-state index contributed by atoms with van der Waals surface area (Å²) >= 11 is 0. The van der Waals surface area contributed by atoms with Crippen molar-refractivity contribution in [3.63, 3.8) is 0 Å². The van der Waals surface area contributed by atoms with Crippen LogP contribution in [0.2, 0.25) is 0 Å². The van der Waals surface area contributed by atoms with Gasteiger partial charge in [0.2, 0.25) is 0 Å². The van der Waals surface area contributed by atoms with Crippen molar-refractivity contribution in [2.24, 2.45) is 0 Å². The number of fused-ring (bicyclic) bond motifs is 3. The molecule has 0 amide bonds. The van der Waals surface area contributed by atoms with Crippen molar-refractivity contribution < 1.29 is 13.2 Å². The first kappa shape index (κ1) is 19.1. The van der Waals surface area contributed by atoms with Crippen molar-refractivity contribution >= 4 is 11.4 Å². The fourth-order valence-electron chi connectivity index (χ4n) is 4.61. The molecule has 1 saturated heterocycles. The van der Waals surface area contributed by atoms with E-state index in [9.17, 15) is 13.2 Å². The summed E-state index contributed by atoms with van der Waals surface area (Å²) in [6.07, 6.45) is -3.51. The summed E-state index contributed by atoms with van der Waals surface area (Å²) in [4.78, 5) is 1.85. The molecule has 1 unspecified atom stereocenters. The molecule has 2 N–H and O–H groups in total. The highest BCUT2D eigenvalue weighted by Gasteiger charge is 2.45. The van der Waals surface area contributed by atoms with Crippen LogP contribution < -0.4 is 15.5 Å². The van der Waals surface area contributed by atoms with Gasteiger partial charge in [0.1, 0.15) is 0 Å². The smallest absolute Gasteiger partial charge is 0.384 e. The molecule has 1 fully saturated rings. The van der Waals surface area contributed by atoms with Crippen LogP contribution in [0.15, 0.2) is 42.5 Å². The summed E-state index contributed by atoms with van der Waals surface area (Å²) in [5.74, 6) is 0.304. The predicted octanol–water partition coefficient (Wildman–Crippen LogP) is 4.82. The molecule has 2 aromatic carbocycles. The van der Waals surface area contributed by atoms with Gasteiger partial charge in [0, 0.05) is 37.8 Å². The van der Waals surface area contributed by atoms with Crippen molar-refractivity contribution in [1.29, 1.82) is 0 Å². The van der Waals surface area contributed by atoms with E-state index in [-0.39, 0.29) is 17.9 Å². The van der Waals surface area contributed by atoms with E-state index in [4.69, 9.17) is 0 Å². The van der Waals surface area contributed by atoms with Crippen LogP contribution in [0, 0.1) is 0 Å². The van der Waals surface area contributed by atoms with Gasteiger partial charge in [-0.05, 0) is 42.1 Å². The van der Waals surface area contributed by atoms with Gasteiger partial charge in [0.25, 0.3) is 0 Å². The van der Waals surface area contributed by atoms with Crippen molar-refractivity contribution in [2.45, 2.75) is 37.4 Å². The number of halogens is 3. The highest BCUT2D eigenvalue weighted by Crippen LogP contribution is 2.50. The zero-order valence-electron chi connectivity index (χ0n) is 16.2. The van der Waals surface area contributed by atoms with Crippen LogP contribution in [-0.2, 0) is 6.18 Å². The minimum atomic E-state index is -4.37. The third-order valence-corrected chi connectivity index (χ3v) is 6.12. The Hall–Kier alpha value is -2.21. The number of hydrogen-bond acceptors (Lipinski definition) is 3. The summed E-state index contributed by atoms with van der Waals surface area (Å²) in [5, 5.41) is 6.60. The van der Waals surface area contributed by atoms with E-state index in [0.717, 1.165) is 25.1 Å². The monoisotopic (exact) mass is 389 g/mol. The quantitative estimate of drug-likeness (QED) is 0.785. The van der Waals surface area contributed by atoms with E-state index in [1.54, 1.807) is 7.05 Å². The molecule has 6 heteroatoms. The van der Waals surface area contributed by atoms with Gasteiger partial charge >= 0.3 is 6.18 Å². The SMILES string of the molecule is CC(CNc1cc2c(c(C(F)(F)F)c1)N(C)[C@H]1CCNC[C@@H]21)c1ccccc1. The molecule has 4 rings (SSSR count). The summed E-state index contributed by atoms with van der Waals surface area (Å²) in [6, 6.07) is 13.4. The topological polar surface area (TPSA) is 27.3 Å². The number of nitrogens with zero attached hydrogens (tertiary/aromatic N) is 1. The maximum Gasteiger partial charge on any atom is 0.418 e. The standard InChI is InChI=1S/C22H26F3N3/c1-14(15-6-4-3-5-7-15)12-27-16-10-17-18-13-26-9-8-20(18)28(2)21(17)19(11-16)22(23,24)25/h3-7,10-11,14,18,20,26-27H,8-9,12-13H2,1-2H3/t14?,18-,20-/m0/s1. The number of hydrogen-bond donors (Lipinski definition) is 2. The number of anilines is 2. The lowest BCUT2D eigenvalue weighted by atomic mass is 9.89. The molecule has 150 valence electrons. The molecule has 0 aromatic heterocycles. The third-order valence-electron chi connectivity index (χ3n) is 6.12. The number of likely N-dealkylation sites (N-methyl/N-ethyl adjacent to an activating group) is 1. The number of alkyl halides is 3. The van der Waals surface area contributed by atoms with Gasteiger partial charge in [0.05, 0.1) is 11.3 Å². The molecule has 0 spiro atoms. The zero-order valence-corrected chi connectivity index (χ0v) is 16.2. The van der Waals surface area contributed by atoms with Gasteiger partial charge in [-0.25, -0.2) is 0 Å². The fourth-order valence-corrected chi connectivity index (χ4v) is 4.61. The Labute approximate surface area is 163 Å². The second-order valence-corrected chi connectivity index (χ2v) is 7.93. The Bertz CT molecular complexity index is 835. The molecule has 2 aliphatic heterocycles. The first-order chi connectivity index (χ1) is 13.4. The van der Waals surface area contributed by atoms with E-state index in [1.807, 2.05) is 41.3 Å². The average Bonchev–Trinajstić information content (AvgIpc) is 2.98. The van der Waals surface area contributed by atoms with Crippen LogP contribution in [0.25, 0.3) is 0 Å². The predicted molar refractivity (Wildman–Crippen MR) is 107 cm³/mol. The minimum Gasteiger partial charge on any atom is -0.384 e. The number of rotatable bonds is 4. The van der Waals surface area contributed by atoms with Crippen LogP contribution >= 0.6 is 0 Å². The minimum absolute atomic E-state index is 0.100. The van der Waals surface area contributed by atoms with E-state index >= 15 is 0 Å². The molecule has 0 saturated carbocycles. The van der Waals surface area contributed by atoms with Crippen molar-refractivity contribution in [1.82, 2.24) is 5.32 Å². The lowest BCUT2D eigenvalue weighted by Crippen LogP contribution is -2.42. The molecule has 0 radical (unpaired) electrons. The van der Waals surface area contributed by atoms with E-state index in [1.165, 1.54) is 11.6 Å². The number of benzene rings is 2. The van der Waals surface area contributed by atoms with Crippen molar-refractivity contribution in [2.75, 3.05) is 36.9 Å². The molecule has 2 heterocycles. The van der Waals surface area contributed by atoms with Crippen LogP contribution in [-0.4, -0.2) is 32.7 Å². The van der Waals surface area contributed by atoms with Gasteiger partial charge in [-0.3, -0.25) is 0 Å². The van der Waals surface area contributed by atoms with Gasteiger partial charge in [0.15, 0.2) is 0 Å². The summed E-state index contributed by atoms with van der Waals surface area (Å²) in [5.41, 5.74) is 2.35. The average molecular weight is 389 g/mol. The fraction of sp³-hybridized carbons (Fsp3) is 0.455. The van der Waals surface area contributed by atoms with Crippen molar-refractivity contribution in [3.8, 4) is 0 Å². The lowest BCUT2D eigenvalue weighted by molar-refractivity contribution is -0.137. The van der Waals surface area contributed by atoms with Crippen molar-refractivity contribution in [3.05, 3.63) is 59.2 Å². The molecule has 0 aliphatic carbocycles. The molecular formula is C22H26F3N3.